The zero-order valence-corrected chi connectivity index (χ0v) is 16.3. The number of amides is 1. The Morgan fingerprint density at radius 2 is 1.69 bits per heavy atom. The molecule has 144 valence electrons. The standard InChI is InChI=1S/C21H32N2O3/c1-4-23(5-2)18-14-12-17(13-15-18)22-20(24)19(21(25)26-6-3)16-10-8-7-9-11-16/h12-16,19H,4-11H2,1-3H3,(H,22,24)/t19-/m1/s1. The number of hydrogen-bond acceptors (Lipinski definition) is 4. The van der Waals surface area contributed by atoms with Gasteiger partial charge >= 0.3 is 5.97 Å². The van der Waals surface area contributed by atoms with Crippen LogP contribution in [0.2, 0.25) is 0 Å². The quantitative estimate of drug-likeness (QED) is 0.557. The highest BCUT2D eigenvalue weighted by Gasteiger charge is 2.36. The van der Waals surface area contributed by atoms with Crippen LogP contribution in [0.15, 0.2) is 24.3 Å². The van der Waals surface area contributed by atoms with Gasteiger partial charge in [0.25, 0.3) is 0 Å². The number of carbonyl (C=O) groups excluding carboxylic acids is 2. The zero-order valence-electron chi connectivity index (χ0n) is 16.3. The van der Waals surface area contributed by atoms with Gasteiger partial charge in [-0.1, -0.05) is 19.3 Å². The summed E-state index contributed by atoms with van der Waals surface area (Å²) in [6.45, 7) is 8.19. The third kappa shape index (κ3) is 5.23. The third-order valence-corrected chi connectivity index (χ3v) is 5.21. The van der Waals surface area contributed by atoms with Crippen LogP contribution >= 0.6 is 0 Å². The Morgan fingerprint density at radius 1 is 1.08 bits per heavy atom. The van der Waals surface area contributed by atoms with Gasteiger partial charge in [-0.15, -0.1) is 0 Å². The van der Waals surface area contributed by atoms with Crippen molar-refractivity contribution in [2.75, 3.05) is 29.9 Å². The van der Waals surface area contributed by atoms with Crippen LogP contribution in [0.25, 0.3) is 0 Å². The van der Waals surface area contributed by atoms with Crippen LogP contribution < -0.4 is 10.2 Å². The van der Waals surface area contributed by atoms with E-state index in [0.29, 0.717) is 6.61 Å². The molecule has 0 spiro atoms. The van der Waals surface area contributed by atoms with Crippen molar-refractivity contribution in [3.63, 3.8) is 0 Å². The van der Waals surface area contributed by atoms with E-state index >= 15 is 0 Å². The average molecular weight is 360 g/mol. The van der Waals surface area contributed by atoms with Crippen LogP contribution in [0.5, 0.6) is 0 Å². The van der Waals surface area contributed by atoms with E-state index in [0.717, 1.165) is 50.1 Å². The molecule has 1 aliphatic carbocycles. The molecule has 2 rings (SSSR count). The Balaban J connectivity index is 2.09. The lowest BCUT2D eigenvalue weighted by atomic mass is 9.79. The molecule has 0 radical (unpaired) electrons. The fourth-order valence-corrected chi connectivity index (χ4v) is 3.78. The van der Waals surface area contributed by atoms with Gasteiger partial charge in [0.15, 0.2) is 0 Å². The highest BCUT2D eigenvalue weighted by atomic mass is 16.5. The number of rotatable bonds is 8. The molecular formula is C21H32N2O3. The largest absolute Gasteiger partial charge is 0.465 e. The number of nitrogens with zero attached hydrogens (tertiary/aromatic N) is 1. The Bertz CT molecular complexity index is 575. The first-order chi connectivity index (χ1) is 12.6. The summed E-state index contributed by atoms with van der Waals surface area (Å²) in [7, 11) is 0. The summed E-state index contributed by atoms with van der Waals surface area (Å²) in [5.74, 6) is -1.27. The van der Waals surface area contributed by atoms with Crippen LogP contribution in [-0.2, 0) is 14.3 Å². The molecule has 0 unspecified atom stereocenters. The molecule has 1 aliphatic rings. The van der Waals surface area contributed by atoms with Crippen LogP contribution in [0.3, 0.4) is 0 Å². The van der Waals surface area contributed by atoms with Crippen molar-refractivity contribution in [3.8, 4) is 0 Å². The molecule has 0 bridgehead atoms. The van der Waals surface area contributed by atoms with E-state index in [-0.39, 0.29) is 11.8 Å². The first kappa shape index (κ1) is 20.3. The van der Waals surface area contributed by atoms with Gasteiger partial charge < -0.3 is 15.0 Å². The van der Waals surface area contributed by atoms with Crippen molar-refractivity contribution in [3.05, 3.63) is 24.3 Å². The van der Waals surface area contributed by atoms with Crippen molar-refractivity contribution in [2.24, 2.45) is 11.8 Å². The summed E-state index contributed by atoms with van der Waals surface area (Å²) in [5.41, 5.74) is 1.85. The summed E-state index contributed by atoms with van der Waals surface area (Å²) in [6, 6.07) is 7.80. The van der Waals surface area contributed by atoms with E-state index < -0.39 is 11.9 Å². The highest BCUT2D eigenvalue weighted by Crippen LogP contribution is 2.32. The number of ether oxygens (including phenoxy) is 1. The van der Waals surface area contributed by atoms with Crippen LogP contribution in [0, 0.1) is 11.8 Å². The molecular weight excluding hydrogens is 328 g/mol. The SMILES string of the molecule is CCOC(=O)[C@@H](C(=O)Nc1ccc(N(CC)CC)cc1)C1CCCCC1. The fraction of sp³-hybridized carbons (Fsp3) is 0.619. The van der Waals surface area contributed by atoms with Gasteiger partial charge in [0.1, 0.15) is 5.92 Å². The summed E-state index contributed by atoms with van der Waals surface area (Å²) >= 11 is 0. The minimum absolute atomic E-state index is 0.0812. The Morgan fingerprint density at radius 3 is 2.23 bits per heavy atom. The number of nitrogens with one attached hydrogen (secondary N) is 1. The first-order valence-corrected chi connectivity index (χ1v) is 9.93. The molecule has 1 aromatic carbocycles. The number of anilines is 2. The van der Waals surface area contributed by atoms with Gasteiger partial charge in [0, 0.05) is 24.5 Å². The monoisotopic (exact) mass is 360 g/mol. The number of esters is 1. The summed E-state index contributed by atoms with van der Waals surface area (Å²) in [6.07, 6.45) is 5.16. The molecule has 1 saturated carbocycles. The van der Waals surface area contributed by atoms with Crippen LogP contribution in [0.1, 0.15) is 52.9 Å². The van der Waals surface area contributed by atoms with Crippen molar-refractivity contribution >= 4 is 23.3 Å². The molecule has 0 saturated heterocycles. The van der Waals surface area contributed by atoms with Crippen LogP contribution in [-0.4, -0.2) is 31.6 Å². The number of benzene rings is 1. The lowest BCUT2D eigenvalue weighted by Crippen LogP contribution is -2.37. The van der Waals surface area contributed by atoms with Crippen molar-refractivity contribution in [2.45, 2.75) is 52.9 Å². The first-order valence-electron chi connectivity index (χ1n) is 9.93. The molecule has 0 aliphatic heterocycles. The van der Waals surface area contributed by atoms with Gasteiger partial charge in [0.2, 0.25) is 5.91 Å². The summed E-state index contributed by atoms with van der Waals surface area (Å²) in [4.78, 5) is 27.5. The van der Waals surface area contributed by atoms with Gasteiger partial charge in [0.05, 0.1) is 6.61 Å². The van der Waals surface area contributed by atoms with E-state index in [1.165, 1.54) is 6.42 Å². The van der Waals surface area contributed by atoms with Crippen LogP contribution in [0.4, 0.5) is 11.4 Å². The predicted molar refractivity (Wildman–Crippen MR) is 105 cm³/mol. The lowest BCUT2D eigenvalue weighted by molar-refractivity contribution is -0.153. The number of carbonyl (C=O) groups is 2. The van der Waals surface area contributed by atoms with Gasteiger partial charge in [-0.3, -0.25) is 9.59 Å². The molecule has 1 N–H and O–H groups in total. The second-order valence-electron chi connectivity index (χ2n) is 6.84. The second kappa shape index (κ2) is 10.2. The van der Waals surface area contributed by atoms with Gasteiger partial charge in [-0.2, -0.15) is 0 Å². The normalized spacial score (nSPS) is 16.0. The van der Waals surface area contributed by atoms with Crippen molar-refractivity contribution in [1.82, 2.24) is 0 Å². The zero-order chi connectivity index (χ0) is 18.9. The predicted octanol–water partition coefficient (Wildman–Crippen LogP) is 4.23. The van der Waals surface area contributed by atoms with E-state index in [1.807, 2.05) is 24.3 Å². The smallest absolute Gasteiger partial charge is 0.318 e. The molecule has 0 heterocycles. The maximum atomic E-state index is 12.8. The number of hydrogen-bond donors (Lipinski definition) is 1. The molecule has 1 fully saturated rings. The maximum absolute atomic E-state index is 12.8. The highest BCUT2D eigenvalue weighted by molar-refractivity contribution is 6.05. The lowest BCUT2D eigenvalue weighted by Gasteiger charge is -2.28. The maximum Gasteiger partial charge on any atom is 0.318 e. The summed E-state index contributed by atoms with van der Waals surface area (Å²) in [5, 5.41) is 2.92. The molecule has 26 heavy (non-hydrogen) atoms. The molecule has 1 atom stereocenters. The fourth-order valence-electron chi connectivity index (χ4n) is 3.78. The van der Waals surface area contributed by atoms with Gasteiger partial charge in [-0.25, -0.2) is 0 Å². The van der Waals surface area contributed by atoms with Crippen molar-refractivity contribution < 1.29 is 14.3 Å². The van der Waals surface area contributed by atoms with E-state index in [2.05, 4.69) is 24.1 Å². The van der Waals surface area contributed by atoms with E-state index in [9.17, 15) is 9.59 Å². The Labute approximate surface area is 157 Å². The molecule has 5 heteroatoms. The molecule has 0 aromatic heterocycles. The molecule has 1 amide bonds. The molecule has 1 aromatic rings. The second-order valence-corrected chi connectivity index (χ2v) is 6.84. The van der Waals surface area contributed by atoms with Gasteiger partial charge in [-0.05, 0) is 63.8 Å². The minimum Gasteiger partial charge on any atom is -0.465 e. The van der Waals surface area contributed by atoms with E-state index in [1.54, 1.807) is 6.92 Å². The Kier molecular flexibility index (Phi) is 7.95. The Hall–Kier alpha value is -2.04. The van der Waals surface area contributed by atoms with Crippen molar-refractivity contribution in [1.29, 1.82) is 0 Å². The topological polar surface area (TPSA) is 58.6 Å². The third-order valence-electron chi connectivity index (χ3n) is 5.21. The molecule has 5 nitrogen and oxygen atoms in total. The minimum atomic E-state index is -0.710. The summed E-state index contributed by atoms with van der Waals surface area (Å²) < 4.78 is 5.19. The average Bonchev–Trinajstić information content (AvgIpc) is 2.65. The van der Waals surface area contributed by atoms with E-state index in [4.69, 9.17) is 4.74 Å².